The summed E-state index contributed by atoms with van der Waals surface area (Å²) in [4.78, 5) is 16.2. The van der Waals surface area contributed by atoms with Crippen molar-refractivity contribution in [2.24, 2.45) is 0 Å². The van der Waals surface area contributed by atoms with Crippen molar-refractivity contribution in [1.29, 1.82) is 0 Å². The minimum Gasteiger partial charge on any atom is -0.368 e. The summed E-state index contributed by atoms with van der Waals surface area (Å²) in [7, 11) is -3.45. The van der Waals surface area contributed by atoms with E-state index in [4.69, 9.17) is 0 Å². The number of benzene rings is 2. The summed E-state index contributed by atoms with van der Waals surface area (Å²) in [6, 6.07) is 19.0. The van der Waals surface area contributed by atoms with Gasteiger partial charge >= 0.3 is 0 Å². The number of hydrogen-bond acceptors (Lipinski definition) is 4. The summed E-state index contributed by atoms with van der Waals surface area (Å²) < 4.78 is 24.6. The Morgan fingerprint density at radius 1 is 0.840 bits per heavy atom. The summed E-state index contributed by atoms with van der Waals surface area (Å²) in [5, 5.41) is 0. The lowest BCUT2D eigenvalue weighted by atomic mass is 10.2. The molecule has 0 aliphatic carbocycles. The second kappa shape index (κ2) is 7.70. The molecule has 1 amide bonds. The monoisotopic (exact) mass is 358 g/mol. The van der Waals surface area contributed by atoms with Gasteiger partial charge in [0, 0.05) is 31.9 Å². The molecule has 0 saturated carbocycles. The van der Waals surface area contributed by atoms with E-state index in [0.29, 0.717) is 31.7 Å². The molecule has 25 heavy (non-hydrogen) atoms. The van der Waals surface area contributed by atoms with Gasteiger partial charge in [-0.25, -0.2) is 8.42 Å². The number of hydrogen-bond donors (Lipinski definition) is 0. The summed E-state index contributed by atoms with van der Waals surface area (Å²) in [5.41, 5.74) is 1.84. The van der Waals surface area contributed by atoms with E-state index in [-0.39, 0.29) is 11.7 Å². The first-order valence-corrected chi connectivity index (χ1v) is 10.2. The molecule has 0 unspecified atom stereocenters. The zero-order valence-electron chi connectivity index (χ0n) is 14.0. The molecule has 0 atom stereocenters. The smallest absolute Gasteiger partial charge is 0.237 e. The van der Waals surface area contributed by atoms with Crippen LogP contribution < -0.4 is 4.90 Å². The Bertz CT molecular complexity index is 799. The number of anilines is 1. The maximum absolute atomic E-state index is 12.4. The fourth-order valence-corrected chi connectivity index (χ4v) is 4.37. The fourth-order valence-electron chi connectivity index (χ4n) is 3.01. The van der Waals surface area contributed by atoms with Crippen LogP contribution in [-0.4, -0.2) is 51.2 Å². The third-order valence-electron chi connectivity index (χ3n) is 4.33. The Morgan fingerprint density at radius 2 is 1.40 bits per heavy atom. The zero-order chi connectivity index (χ0) is 17.7. The van der Waals surface area contributed by atoms with Crippen molar-refractivity contribution in [2.45, 2.75) is 5.75 Å². The highest BCUT2D eigenvalue weighted by molar-refractivity contribution is 7.91. The number of carbonyl (C=O) groups is 1. The van der Waals surface area contributed by atoms with Gasteiger partial charge in [-0.15, -0.1) is 0 Å². The van der Waals surface area contributed by atoms with Gasteiger partial charge in [0.15, 0.2) is 9.84 Å². The molecule has 2 aromatic rings. The van der Waals surface area contributed by atoms with Crippen molar-refractivity contribution in [3.8, 4) is 0 Å². The van der Waals surface area contributed by atoms with Crippen LogP contribution in [0.25, 0.3) is 0 Å². The van der Waals surface area contributed by atoms with Gasteiger partial charge in [-0.1, -0.05) is 48.5 Å². The number of rotatable bonds is 5. The van der Waals surface area contributed by atoms with Gasteiger partial charge in [0.25, 0.3) is 0 Å². The first-order chi connectivity index (χ1) is 12.0. The van der Waals surface area contributed by atoms with E-state index >= 15 is 0 Å². The molecule has 0 bridgehead atoms. The van der Waals surface area contributed by atoms with Crippen LogP contribution in [0.1, 0.15) is 5.56 Å². The Hall–Kier alpha value is -2.34. The maximum Gasteiger partial charge on any atom is 0.237 e. The molecular formula is C19H22N2O3S. The average Bonchev–Trinajstić information content (AvgIpc) is 2.62. The van der Waals surface area contributed by atoms with Crippen LogP contribution in [0.4, 0.5) is 5.69 Å². The summed E-state index contributed by atoms with van der Waals surface area (Å²) >= 11 is 0. The van der Waals surface area contributed by atoms with Crippen LogP contribution in [0.15, 0.2) is 60.7 Å². The number of amides is 1. The topological polar surface area (TPSA) is 57.7 Å². The van der Waals surface area contributed by atoms with E-state index in [1.165, 1.54) is 0 Å². The van der Waals surface area contributed by atoms with E-state index in [0.717, 1.165) is 5.69 Å². The molecule has 0 spiro atoms. The fraction of sp³-hybridized carbons (Fsp3) is 0.316. The lowest BCUT2D eigenvalue weighted by Crippen LogP contribution is -2.50. The molecule has 6 heteroatoms. The summed E-state index contributed by atoms with van der Waals surface area (Å²) in [6.45, 7) is 2.53. The van der Waals surface area contributed by atoms with Crippen LogP contribution >= 0.6 is 0 Å². The first kappa shape index (κ1) is 17.5. The van der Waals surface area contributed by atoms with Gasteiger partial charge in [-0.05, 0) is 17.7 Å². The van der Waals surface area contributed by atoms with Gasteiger partial charge in [0.2, 0.25) is 5.91 Å². The lowest BCUT2D eigenvalue weighted by Gasteiger charge is -2.36. The maximum atomic E-state index is 12.4. The molecule has 0 N–H and O–H groups in total. The number of para-hydroxylation sites is 1. The molecule has 1 fully saturated rings. The number of nitrogens with zero attached hydrogens (tertiary/aromatic N) is 2. The Labute approximate surface area is 148 Å². The van der Waals surface area contributed by atoms with Crippen LogP contribution in [0, 0.1) is 0 Å². The molecule has 3 rings (SSSR count). The highest BCUT2D eigenvalue weighted by Gasteiger charge is 2.25. The van der Waals surface area contributed by atoms with Crippen LogP contribution in [0.5, 0.6) is 0 Å². The first-order valence-electron chi connectivity index (χ1n) is 8.36. The Kier molecular flexibility index (Phi) is 5.38. The molecular weight excluding hydrogens is 336 g/mol. The van der Waals surface area contributed by atoms with Gasteiger partial charge in [0.1, 0.15) is 5.75 Å². The second-order valence-corrected chi connectivity index (χ2v) is 8.29. The van der Waals surface area contributed by atoms with Crippen molar-refractivity contribution in [3.05, 3.63) is 66.2 Å². The van der Waals surface area contributed by atoms with Crippen LogP contribution in [0.2, 0.25) is 0 Å². The predicted octanol–water partition coefficient (Wildman–Crippen LogP) is 1.95. The molecule has 1 aliphatic rings. The number of piperazine rings is 1. The van der Waals surface area contributed by atoms with Crippen LogP contribution in [0.3, 0.4) is 0 Å². The van der Waals surface area contributed by atoms with E-state index in [1.807, 2.05) is 36.4 Å². The predicted molar refractivity (Wildman–Crippen MR) is 99.2 cm³/mol. The van der Waals surface area contributed by atoms with Crippen molar-refractivity contribution in [1.82, 2.24) is 4.90 Å². The molecule has 5 nitrogen and oxygen atoms in total. The standard InChI is InChI=1S/C19H22N2O3S/c22-19(16-25(23,24)15-17-7-3-1-4-8-17)21-13-11-20(12-14-21)18-9-5-2-6-10-18/h1-10H,11-16H2. The third-order valence-corrected chi connectivity index (χ3v) is 5.79. The molecule has 2 aromatic carbocycles. The Morgan fingerprint density at radius 3 is 2.00 bits per heavy atom. The normalized spacial score (nSPS) is 15.2. The minimum atomic E-state index is -3.45. The SMILES string of the molecule is O=C(CS(=O)(=O)Cc1ccccc1)N1CCN(c2ccccc2)CC1. The zero-order valence-corrected chi connectivity index (χ0v) is 14.9. The second-order valence-electron chi connectivity index (χ2n) is 6.22. The van der Waals surface area contributed by atoms with Gasteiger partial charge < -0.3 is 9.80 Å². The third kappa shape index (κ3) is 4.82. The van der Waals surface area contributed by atoms with E-state index in [1.54, 1.807) is 29.2 Å². The van der Waals surface area contributed by atoms with E-state index in [9.17, 15) is 13.2 Å². The highest BCUT2D eigenvalue weighted by atomic mass is 32.2. The largest absolute Gasteiger partial charge is 0.368 e. The molecule has 0 radical (unpaired) electrons. The van der Waals surface area contributed by atoms with E-state index < -0.39 is 15.6 Å². The molecule has 1 saturated heterocycles. The summed E-state index contributed by atoms with van der Waals surface area (Å²) in [5.74, 6) is -0.819. The van der Waals surface area contributed by atoms with Crippen LogP contribution in [-0.2, 0) is 20.4 Å². The molecule has 132 valence electrons. The lowest BCUT2D eigenvalue weighted by molar-refractivity contribution is -0.128. The Balaban J connectivity index is 1.54. The average molecular weight is 358 g/mol. The van der Waals surface area contributed by atoms with Gasteiger partial charge in [-0.3, -0.25) is 4.79 Å². The van der Waals surface area contributed by atoms with Gasteiger partial charge in [0.05, 0.1) is 5.75 Å². The van der Waals surface area contributed by atoms with Crippen molar-refractivity contribution < 1.29 is 13.2 Å². The molecule has 1 aliphatic heterocycles. The minimum absolute atomic E-state index is 0.0937. The van der Waals surface area contributed by atoms with Gasteiger partial charge in [-0.2, -0.15) is 0 Å². The molecule has 0 aromatic heterocycles. The number of sulfone groups is 1. The number of carbonyl (C=O) groups excluding carboxylic acids is 1. The van der Waals surface area contributed by atoms with E-state index in [2.05, 4.69) is 4.90 Å². The highest BCUT2D eigenvalue weighted by Crippen LogP contribution is 2.16. The van der Waals surface area contributed by atoms with Crippen molar-refractivity contribution in [2.75, 3.05) is 36.8 Å². The summed E-state index contributed by atoms with van der Waals surface area (Å²) in [6.07, 6.45) is 0. The molecule has 1 heterocycles. The van der Waals surface area contributed by atoms with Crippen molar-refractivity contribution in [3.63, 3.8) is 0 Å². The van der Waals surface area contributed by atoms with Crippen molar-refractivity contribution >= 4 is 21.4 Å². The quantitative estimate of drug-likeness (QED) is 0.820.